The third-order valence-electron chi connectivity index (χ3n) is 8.01. The van der Waals surface area contributed by atoms with Gasteiger partial charge in [0.15, 0.2) is 5.76 Å². The van der Waals surface area contributed by atoms with E-state index in [1.807, 2.05) is 18.2 Å². The number of nitrogens with zero attached hydrogens (tertiary/aromatic N) is 1. The summed E-state index contributed by atoms with van der Waals surface area (Å²) in [4.78, 5) is 12.4. The summed E-state index contributed by atoms with van der Waals surface area (Å²) < 4.78 is 64.7. The number of aromatic nitrogens is 1. The van der Waals surface area contributed by atoms with E-state index in [1.165, 1.54) is 29.8 Å². The van der Waals surface area contributed by atoms with Gasteiger partial charge in [-0.2, -0.15) is 8.42 Å². The minimum Gasteiger partial charge on any atom is -0.356 e. The quantitative estimate of drug-likeness (QED) is 0.139. The zero-order chi connectivity index (χ0) is 33.8. The first-order valence-electron chi connectivity index (χ1n) is 15.2. The second-order valence-corrected chi connectivity index (χ2v) is 14.1. The Kier molecular flexibility index (Phi) is 10.0. The zero-order valence-electron chi connectivity index (χ0n) is 26.3. The van der Waals surface area contributed by atoms with Crippen molar-refractivity contribution in [3.8, 4) is 22.5 Å². The predicted molar refractivity (Wildman–Crippen MR) is 178 cm³/mol. The van der Waals surface area contributed by atoms with Crippen LogP contribution in [0.3, 0.4) is 0 Å². The second kappa shape index (κ2) is 14.0. The highest BCUT2D eigenvalue weighted by molar-refractivity contribution is 7.85. The Bertz CT molecular complexity index is 1950. The SMILES string of the molecule is CC(C)(C)c1ccc([C@H](CCc2ccc(C(=O)NCCS(=O)(=O)O)cc2)c2cc(-c3cc(F)cc(-c4ccc(F)cc4)c3)on2)cc1. The molecule has 0 aliphatic heterocycles. The third kappa shape index (κ3) is 8.99. The van der Waals surface area contributed by atoms with Crippen molar-refractivity contribution in [2.45, 2.75) is 44.9 Å². The van der Waals surface area contributed by atoms with Crippen molar-refractivity contribution in [1.82, 2.24) is 10.5 Å². The van der Waals surface area contributed by atoms with E-state index in [2.05, 4.69) is 55.5 Å². The smallest absolute Gasteiger partial charge is 0.266 e. The van der Waals surface area contributed by atoms with E-state index in [0.717, 1.165) is 11.1 Å². The fraction of sp³-hybridized carbons (Fsp3) is 0.243. The number of aryl methyl sites for hydroxylation is 1. The van der Waals surface area contributed by atoms with Crippen LogP contribution in [-0.4, -0.2) is 36.3 Å². The number of rotatable bonds is 11. The van der Waals surface area contributed by atoms with Gasteiger partial charge in [0.25, 0.3) is 16.0 Å². The van der Waals surface area contributed by atoms with Crippen molar-refractivity contribution < 1.29 is 31.1 Å². The molecule has 5 aromatic rings. The monoisotopic (exact) mass is 658 g/mol. The summed E-state index contributed by atoms with van der Waals surface area (Å²) >= 11 is 0. The first-order valence-corrected chi connectivity index (χ1v) is 16.8. The lowest BCUT2D eigenvalue weighted by atomic mass is 9.84. The molecule has 0 spiro atoms. The van der Waals surface area contributed by atoms with Crippen LogP contribution in [0.15, 0.2) is 102 Å². The van der Waals surface area contributed by atoms with Crippen LogP contribution in [0, 0.1) is 11.6 Å². The average molecular weight is 659 g/mol. The predicted octanol–water partition coefficient (Wildman–Crippen LogP) is 7.97. The Labute approximate surface area is 273 Å². The number of amides is 1. The molecule has 0 saturated heterocycles. The zero-order valence-corrected chi connectivity index (χ0v) is 27.2. The number of hydrogen-bond donors (Lipinski definition) is 2. The Morgan fingerprint density at radius 2 is 1.51 bits per heavy atom. The van der Waals surface area contributed by atoms with Crippen molar-refractivity contribution in [3.63, 3.8) is 0 Å². The van der Waals surface area contributed by atoms with Crippen LogP contribution in [0.25, 0.3) is 22.5 Å². The van der Waals surface area contributed by atoms with Gasteiger partial charge in [0.2, 0.25) is 0 Å². The van der Waals surface area contributed by atoms with E-state index >= 15 is 0 Å². The topological polar surface area (TPSA) is 110 Å². The minimum atomic E-state index is -4.17. The molecule has 47 heavy (non-hydrogen) atoms. The van der Waals surface area contributed by atoms with Crippen LogP contribution in [0.5, 0.6) is 0 Å². The summed E-state index contributed by atoms with van der Waals surface area (Å²) in [5.74, 6) is -1.58. The van der Waals surface area contributed by atoms with Gasteiger partial charge in [-0.3, -0.25) is 9.35 Å². The Hall–Kier alpha value is -4.67. The molecule has 1 heterocycles. The summed E-state index contributed by atoms with van der Waals surface area (Å²) in [5, 5.41) is 6.90. The van der Waals surface area contributed by atoms with Crippen molar-refractivity contribution in [2.24, 2.45) is 0 Å². The van der Waals surface area contributed by atoms with Crippen molar-refractivity contribution >= 4 is 16.0 Å². The number of halogens is 2. The van der Waals surface area contributed by atoms with Gasteiger partial charge >= 0.3 is 0 Å². The van der Waals surface area contributed by atoms with Crippen molar-refractivity contribution in [2.75, 3.05) is 12.3 Å². The Morgan fingerprint density at radius 3 is 2.15 bits per heavy atom. The summed E-state index contributed by atoms with van der Waals surface area (Å²) in [6, 6.07) is 27.7. The summed E-state index contributed by atoms with van der Waals surface area (Å²) in [5.41, 5.74) is 6.02. The van der Waals surface area contributed by atoms with Gasteiger partial charge < -0.3 is 9.84 Å². The molecule has 0 fully saturated rings. The van der Waals surface area contributed by atoms with Gasteiger partial charge in [0.05, 0.1) is 11.4 Å². The molecule has 7 nitrogen and oxygen atoms in total. The van der Waals surface area contributed by atoms with Crippen LogP contribution < -0.4 is 5.32 Å². The van der Waals surface area contributed by atoms with E-state index in [0.29, 0.717) is 46.5 Å². The molecule has 10 heteroatoms. The maximum absolute atomic E-state index is 14.7. The lowest BCUT2D eigenvalue weighted by Crippen LogP contribution is -2.28. The molecule has 1 aromatic heterocycles. The van der Waals surface area contributed by atoms with Gasteiger partial charge in [-0.1, -0.05) is 74.5 Å². The molecular weight excluding hydrogens is 622 g/mol. The first kappa shape index (κ1) is 33.7. The number of nitrogens with one attached hydrogen (secondary N) is 1. The summed E-state index contributed by atoms with van der Waals surface area (Å²) in [6.45, 7) is 6.26. The van der Waals surface area contributed by atoms with Gasteiger partial charge in [-0.15, -0.1) is 0 Å². The average Bonchev–Trinajstić information content (AvgIpc) is 3.51. The number of hydrogen-bond acceptors (Lipinski definition) is 5. The Balaban J connectivity index is 1.38. The molecule has 0 radical (unpaired) electrons. The van der Waals surface area contributed by atoms with Crippen LogP contribution in [-0.2, 0) is 22.0 Å². The van der Waals surface area contributed by atoms with Crippen molar-refractivity contribution in [1.29, 1.82) is 0 Å². The van der Waals surface area contributed by atoms with E-state index in [4.69, 9.17) is 9.08 Å². The van der Waals surface area contributed by atoms with E-state index < -0.39 is 27.6 Å². The van der Waals surface area contributed by atoms with E-state index in [-0.39, 0.29) is 23.7 Å². The summed E-state index contributed by atoms with van der Waals surface area (Å²) in [7, 11) is -4.17. The molecule has 0 saturated carbocycles. The van der Waals surface area contributed by atoms with Crippen LogP contribution in [0.1, 0.15) is 65.9 Å². The molecule has 4 aromatic carbocycles. The van der Waals surface area contributed by atoms with E-state index in [9.17, 15) is 22.0 Å². The molecule has 2 N–H and O–H groups in total. The lowest BCUT2D eigenvalue weighted by Gasteiger charge is -2.21. The molecule has 1 atom stereocenters. The number of carbonyl (C=O) groups excluding carboxylic acids is 1. The van der Waals surface area contributed by atoms with Gasteiger partial charge in [0, 0.05) is 29.7 Å². The van der Waals surface area contributed by atoms with Crippen LogP contribution in [0.2, 0.25) is 0 Å². The third-order valence-corrected chi connectivity index (χ3v) is 8.73. The number of benzene rings is 4. The molecular formula is C37H36F2N2O5S. The molecule has 0 bridgehead atoms. The highest BCUT2D eigenvalue weighted by Crippen LogP contribution is 2.35. The van der Waals surface area contributed by atoms with E-state index in [1.54, 1.807) is 30.3 Å². The fourth-order valence-corrected chi connectivity index (χ4v) is 5.72. The van der Waals surface area contributed by atoms with Gasteiger partial charge in [0.1, 0.15) is 11.6 Å². The number of carbonyl (C=O) groups is 1. The molecule has 0 unspecified atom stereocenters. The maximum Gasteiger partial charge on any atom is 0.266 e. The first-order chi connectivity index (χ1) is 22.2. The highest BCUT2D eigenvalue weighted by Gasteiger charge is 2.22. The van der Waals surface area contributed by atoms with Gasteiger partial charge in [-0.25, -0.2) is 8.78 Å². The molecule has 1 amide bonds. The summed E-state index contributed by atoms with van der Waals surface area (Å²) in [6.07, 6.45) is 1.30. The fourth-order valence-electron chi connectivity index (χ4n) is 5.36. The van der Waals surface area contributed by atoms with Crippen molar-refractivity contribution in [3.05, 3.63) is 137 Å². The normalized spacial score (nSPS) is 12.6. The molecule has 244 valence electrons. The highest BCUT2D eigenvalue weighted by atomic mass is 32.2. The van der Waals surface area contributed by atoms with Gasteiger partial charge in [-0.05, 0) is 88.5 Å². The van der Waals surface area contributed by atoms with Crippen LogP contribution >= 0.6 is 0 Å². The van der Waals surface area contributed by atoms with Crippen LogP contribution in [0.4, 0.5) is 8.78 Å². The molecule has 0 aliphatic rings. The molecule has 5 rings (SSSR count). The maximum atomic E-state index is 14.7. The standard InChI is InChI=1S/C37H36F2N2O5S/c1-37(2,3)30-13-9-26(10-14-30)33(17-6-24-4-7-27(8-5-24)36(42)40-18-19-47(43,44)45)34-23-35(46-41-34)29-20-28(21-32(39)22-29)25-11-15-31(38)16-12-25/h4-5,7-16,20-23,33H,6,17-19H2,1-3H3,(H,40,42)(H,43,44,45)/t33-/m0/s1. The minimum absolute atomic E-state index is 0.0188. The molecule has 0 aliphatic carbocycles. The largest absolute Gasteiger partial charge is 0.356 e. The second-order valence-electron chi connectivity index (χ2n) is 12.6. The lowest BCUT2D eigenvalue weighted by molar-refractivity contribution is 0.0956. The Morgan fingerprint density at radius 1 is 0.851 bits per heavy atom.